The van der Waals surface area contributed by atoms with Crippen molar-refractivity contribution in [2.45, 2.75) is 33.6 Å². The zero-order chi connectivity index (χ0) is 39.8. The highest BCUT2D eigenvalue weighted by Crippen LogP contribution is 2.44. The van der Waals surface area contributed by atoms with Gasteiger partial charge in [0.05, 0.1) is 5.52 Å². The van der Waals surface area contributed by atoms with Crippen molar-refractivity contribution in [3.05, 3.63) is 211 Å². The highest BCUT2D eigenvalue weighted by atomic mass is 16.5. The Balaban J connectivity index is 1.13. The lowest BCUT2D eigenvalue weighted by Gasteiger charge is -2.19. The minimum Gasteiger partial charge on any atom is -0.488 e. The van der Waals surface area contributed by atoms with Gasteiger partial charge in [0, 0.05) is 27.9 Å². The Labute approximate surface area is 342 Å². The zero-order valence-corrected chi connectivity index (χ0v) is 33.6. The topological polar surface area (TPSA) is 14.2 Å². The van der Waals surface area contributed by atoms with Gasteiger partial charge in [0.2, 0.25) is 0 Å². The number of hydrogen-bond donors (Lipinski definition) is 0. The van der Waals surface area contributed by atoms with E-state index in [1.165, 1.54) is 82.7 Å². The summed E-state index contributed by atoms with van der Waals surface area (Å²) < 4.78 is 8.29. The van der Waals surface area contributed by atoms with Gasteiger partial charge >= 0.3 is 0 Å². The number of ether oxygens (including phenoxy) is 1. The minimum atomic E-state index is 0.596. The minimum absolute atomic E-state index is 0.596. The lowest BCUT2D eigenvalue weighted by molar-refractivity contribution is 0.388. The molecule has 0 fully saturated rings. The maximum atomic E-state index is 5.86. The van der Waals surface area contributed by atoms with Crippen LogP contribution in [0, 0.1) is 0 Å². The molecule has 0 bridgehead atoms. The maximum absolute atomic E-state index is 5.86. The number of rotatable bonds is 9. The Morgan fingerprint density at radius 2 is 1.50 bits per heavy atom. The van der Waals surface area contributed by atoms with Crippen LogP contribution in [0.25, 0.3) is 77.6 Å². The van der Waals surface area contributed by atoms with E-state index in [4.69, 9.17) is 4.74 Å². The van der Waals surface area contributed by atoms with E-state index in [-0.39, 0.29) is 0 Å². The average Bonchev–Trinajstić information content (AvgIpc) is 3.84. The van der Waals surface area contributed by atoms with Crippen molar-refractivity contribution in [2.24, 2.45) is 0 Å². The molecule has 1 aliphatic heterocycles. The molecule has 0 N–H and O–H groups in total. The van der Waals surface area contributed by atoms with E-state index in [1.807, 2.05) is 24.3 Å². The van der Waals surface area contributed by atoms with Crippen molar-refractivity contribution < 1.29 is 4.74 Å². The predicted molar refractivity (Wildman–Crippen MR) is 251 cm³/mol. The summed E-state index contributed by atoms with van der Waals surface area (Å²) in [5.41, 5.74) is 16.9. The van der Waals surface area contributed by atoms with Crippen molar-refractivity contribution in [2.75, 3.05) is 6.61 Å². The van der Waals surface area contributed by atoms with Gasteiger partial charge in [-0.15, -0.1) is 0 Å². The van der Waals surface area contributed by atoms with Crippen LogP contribution in [0.5, 0.6) is 5.75 Å². The summed E-state index contributed by atoms with van der Waals surface area (Å²) in [6.07, 6.45) is 23.5. The number of fused-ring (bicyclic) bond motifs is 6. The van der Waals surface area contributed by atoms with Gasteiger partial charge in [-0.1, -0.05) is 141 Å². The summed E-state index contributed by atoms with van der Waals surface area (Å²) in [4.78, 5) is 0. The highest BCUT2D eigenvalue weighted by Gasteiger charge is 2.21. The Bertz CT molecular complexity index is 2990. The van der Waals surface area contributed by atoms with Crippen molar-refractivity contribution in [3.8, 4) is 22.6 Å². The van der Waals surface area contributed by atoms with Crippen LogP contribution in [0.1, 0.15) is 60.7 Å². The fourth-order valence-corrected chi connectivity index (χ4v) is 8.80. The molecular weight excluding hydrogens is 703 g/mol. The van der Waals surface area contributed by atoms with E-state index in [9.17, 15) is 0 Å². The molecule has 0 radical (unpaired) electrons. The molecule has 1 aliphatic carbocycles. The SMILES string of the molecule is C=C/C=C\C(=C/C)c1c2ccccc2c(-c2ccc(-n3c4c(c5cc(C(=C)/C=C\C=C6/COc7ccccc76)ccc53)CCC=C4)cc2)c2ccc(/C(C)=C\C)cc12. The van der Waals surface area contributed by atoms with E-state index in [0.29, 0.717) is 6.61 Å². The van der Waals surface area contributed by atoms with Crippen LogP contribution < -0.4 is 4.74 Å². The molecule has 0 spiro atoms. The number of allylic oxidation sites excluding steroid dienone is 12. The van der Waals surface area contributed by atoms with Crippen LogP contribution in [-0.4, -0.2) is 11.2 Å². The van der Waals surface area contributed by atoms with Gasteiger partial charge in [0.25, 0.3) is 0 Å². The second-order valence-electron chi connectivity index (χ2n) is 15.1. The maximum Gasteiger partial charge on any atom is 0.127 e. The van der Waals surface area contributed by atoms with Gasteiger partial charge in [-0.2, -0.15) is 0 Å². The van der Waals surface area contributed by atoms with Crippen LogP contribution in [0.2, 0.25) is 0 Å². The van der Waals surface area contributed by atoms with Gasteiger partial charge in [-0.25, -0.2) is 0 Å². The Kier molecular flexibility index (Phi) is 9.85. The molecule has 6 aromatic carbocycles. The van der Waals surface area contributed by atoms with E-state index < -0.39 is 0 Å². The molecule has 7 aromatic rings. The Morgan fingerprint density at radius 3 is 2.31 bits per heavy atom. The second kappa shape index (κ2) is 15.6. The highest BCUT2D eigenvalue weighted by molar-refractivity contribution is 6.20. The molecule has 2 heteroatoms. The fraction of sp³-hybridized carbons (Fsp3) is 0.107. The molecule has 0 saturated carbocycles. The molecule has 2 heterocycles. The lowest BCUT2D eigenvalue weighted by Crippen LogP contribution is -2.00. The molecule has 0 atom stereocenters. The van der Waals surface area contributed by atoms with Crippen LogP contribution in [0.3, 0.4) is 0 Å². The fourth-order valence-electron chi connectivity index (χ4n) is 8.80. The molecule has 2 nitrogen and oxygen atoms in total. The average molecular weight is 750 g/mol. The summed E-state index contributed by atoms with van der Waals surface area (Å²) in [5.74, 6) is 0.949. The molecule has 0 amide bonds. The van der Waals surface area contributed by atoms with Gasteiger partial charge in [0.1, 0.15) is 12.4 Å². The van der Waals surface area contributed by atoms with Gasteiger partial charge < -0.3 is 9.30 Å². The zero-order valence-electron chi connectivity index (χ0n) is 33.6. The van der Waals surface area contributed by atoms with Gasteiger partial charge in [-0.05, 0) is 148 Å². The summed E-state index contributed by atoms with van der Waals surface area (Å²) >= 11 is 0. The van der Waals surface area contributed by atoms with E-state index in [2.05, 4.69) is 184 Å². The first kappa shape index (κ1) is 36.7. The van der Waals surface area contributed by atoms with Crippen LogP contribution in [0.15, 0.2) is 177 Å². The molecule has 282 valence electrons. The van der Waals surface area contributed by atoms with E-state index >= 15 is 0 Å². The number of nitrogens with zero attached hydrogens (tertiary/aromatic N) is 1. The van der Waals surface area contributed by atoms with Crippen molar-refractivity contribution >= 4 is 60.8 Å². The van der Waals surface area contributed by atoms with E-state index in [0.717, 1.165) is 41.0 Å². The number of hydrogen-bond acceptors (Lipinski definition) is 1. The first-order chi connectivity index (χ1) is 28.5. The van der Waals surface area contributed by atoms with Gasteiger partial charge in [-0.3, -0.25) is 0 Å². The smallest absolute Gasteiger partial charge is 0.127 e. The van der Waals surface area contributed by atoms with Crippen LogP contribution in [0.4, 0.5) is 0 Å². The third-order valence-corrected chi connectivity index (χ3v) is 11.9. The summed E-state index contributed by atoms with van der Waals surface area (Å²) in [6, 6.07) is 40.1. The molecule has 58 heavy (non-hydrogen) atoms. The number of aryl methyl sites for hydroxylation is 1. The Morgan fingerprint density at radius 1 is 0.741 bits per heavy atom. The molecule has 0 saturated heterocycles. The Hall–Kier alpha value is -6.90. The number of para-hydroxylation sites is 1. The molecule has 2 aliphatic rings. The number of aromatic nitrogens is 1. The van der Waals surface area contributed by atoms with Crippen molar-refractivity contribution in [1.82, 2.24) is 4.57 Å². The monoisotopic (exact) mass is 749 g/mol. The standard InChI is InChI=1S/C56H47NO/c1-6-9-18-39(8-3)55-47-22-10-11-23-48(47)56(49-32-28-41(35-51(49)55)37(4)7-2)40-26-30-44(31-27-40)57-52-24-14-12-21-46(52)50-34-42(29-33-53(50)57)38(5)17-16-19-43-36-58-54-25-15-13-20-45(43)54/h6-11,13-20,22-35H,1,5,12,21,36H2,2-4H3/b17-16-,18-9-,37-7-,39-8+,43-19+. The first-order valence-electron chi connectivity index (χ1n) is 20.3. The van der Waals surface area contributed by atoms with Crippen molar-refractivity contribution in [1.29, 1.82) is 0 Å². The number of benzene rings is 6. The predicted octanol–water partition coefficient (Wildman–Crippen LogP) is 15.2. The molecule has 0 unspecified atom stereocenters. The normalized spacial score (nSPS) is 14.9. The quantitative estimate of drug-likeness (QED) is 0.106. The summed E-state index contributed by atoms with van der Waals surface area (Å²) in [6.45, 7) is 15.4. The third-order valence-electron chi connectivity index (χ3n) is 11.9. The van der Waals surface area contributed by atoms with Crippen LogP contribution >= 0.6 is 0 Å². The second-order valence-corrected chi connectivity index (χ2v) is 15.1. The summed E-state index contributed by atoms with van der Waals surface area (Å²) in [7, 11) is 0. The molecular formula is C56H47NO. The van der Waals surface area contributed by atoms with Crippen molar-refractivity contribution in [3.63, 3.8) is 0 Å². The molecule has 1 aromatic heterocycles. The third kappa shape index (κ3) is 6.41. The largest absolute Gasteiger partial charge is 0.488 e. The van der Waals surface area contributed by atoms with Crippen LogP contribution in [-0.2, 0) is 6.42 Å². The lowest BCUT2D eigenvalue weighted by atomic mass is 9.84. The van der Waals surface area contributed by atoms with E-state index in [1.54, 1.807) is 0 Å². The first-order valence-corrected chi connectivity index (χ1v) is 20.3. The molecule has 9 rings (SSSR count). The van der Waals surface area contributed by atoms with Gasteiger partial charge in [0.15, 0.2) is 0 Å². The summed E-state index contributed by atoms with van der Waals surface area (Å²) in [5, 5.41) is 6.26.